The van der Waals surface area contributed by atoms with Gasteiger partial charge in [-0.3, -0.25) is 0 Å². The smallest absolute Gasteiger partial charge is 0.682 e. The van der Waals surface area contributed by atoms with Crippen LogP contribution in [-0.4, -0.2) is 19.3 Å². The summed E-state index contributed by atoms with van der Waals surface area (Å²) >= 11 is 0. The van der Waals surface area contributed by atoms with E-state index < -0.39 is 0 Å². The van der Waals surface area contributed by atoms with E-state index in [4.69, 9.17) is 4.74 Å². The molecule has 1 saturated heterocycles. The third kappa shape index (κ3) is 7.47. The molecular formula is C18H21NOTi. The Balaban J connectivity index is 0.000000267. The molecule has 0 N–H and O–H groups in total. The standard InChI is InChI=1S/C12H16NO.C6H5.Ti/c1-10-4-6-11(7-5-10)13-9-12-3-2-8-14-12;1-2-4-6-5-3-1;/h4-7,12H,2-3,8-9H2,1H3;1-5H;/q2*-1;+2. The molecule has 0 radical (unpaired) electrons. The minimum Gasteiger partial charge on any atom is -0.682 e. The number of rotatable bonds is 3. The van der Waals surface area contributed by atoms with E-state index in [0.717, 1.165) is 25.3 Å². The molecule has 0 aromatic heterocycles. The zero-order valence-corrected chi connectivity index (χ0v) is 14.0. The summed E-state index contributed by atoms with van der Waals surface area (Å²) in [6.07, 6.45) is 2.71. The van der Waals surface area contributed by atoms with Gasteiger partial charge in [0.25, 0.3) is 0 Å². The largest absolute Gasteiger partial charge is 2.00 e. The molecule has 1 fully saturated rings. The van der Waals surface area contributed by atoms with Gasteiger partial charge in [-0.25, -0.2) is 0 Å². The molecule has 3 heteroatoms. The Kier molecular flexibility index (Phi) is 9.08. The van der Waals surface area contributed by atoms with Crippen LogP contribution in [0.3, 0.4) is 0 Å². The molecule has 21 heavy (non-hydrogen) atoms. The van der Waals surface area contributed by atoms with Crippen molar-refractivity contribution in [3.05, 3.63) is 71.5 Å². The van der Waals surface area contributed by atoms with Gasteiger partial charge in [-0.1, -0.05) is 29.8 Å². The van der Waals surface area contributed by atoms with Crippen molar-refractivity contribution in [1.29, 1.82) is 0 Å². The van der Waals surface area contributed by atoms with E-state index in [2.05, 4.69) is 42.6 Å². The van der Waals surface area contributed by atoms with Crippen LogP contribution in [0.5, 0.6) is 0 Å². The monoisotopic (exact) mass is 315 g/mol. The van der Waals surface area contributed by atoms with Crippen LogP contribution < -0.4 is 0 Å². The summed E-state index contributed by atoms with van der Waals surface area (Å²) in [4.78, 5) is 0. The predicted octanol–water partition coefficient (Wildman–Crippen LogP) is 4.66. The van der Waals surface area contributed by atoms with E-state index in [1.165, 1.54) is 12.0 Å². The molecule has 0 spiro atoms. The molecule has 1 atom stereocenters. The minimum absolute atomic E-state index is 0. The first kappa shape index (κ1) is 18.0. The zero-order chi connectivity index (χ0) is 14.0. The molecule has 108 valence electrons. The Morgan fingerprint density at radius 2 is 1.86 bits per heavy atom. The van der Waals surface area contributed by atoms with Gasteiger partial charge < -0.3 is 10.1 Å². The molecule has 1 unspecified atom stereocenters. The van der Waals surface area contributed by atoms with Crippen molar-refractivity contribution in [2.75, 3.05) is 13.2 Å². The van der Waals surface area contributed by atoms with Crippen molar-refractivity contribution in [3.63, 3.8) is 0 Å². The van der Waals surface area contributed by atoms with Crippen molar-refractivity contribution in [3.8, 4) is 0 Å². The Bertz CT molecular complexity index is 440. The van der Waals surface area contributed by atoms with Gasteiger partial charge in [-0.15, -0.1) is 12.2 Å². The van der Waals surface area contributed by atoms with Gasteiger partial charge in [-0.2, -0.15) is 36.4 Å². The van der Waals surface area contributed by atoms with Gasteiger partial charge in [0.15, 0.2) is 0 Å². The van der Waals surface area contributed by atoms with Crippen molar-refractivity contribution in [1.82, 2.24) is 0 Å². The van der Waals surface area contributed by atoms with E-state index in [9.17, 15) is 0 Å². The van der Waals surface area contributed by atoms with Gasteiger partial charge in [0.1, 0.15) is 0 Å². The maximum absolute atomic E-state index is 5.50. The van der Waals surface area contributed by atoms with E-state index in [1.54, 1.807) is 0 Å². The van der Waals surface area contributed by atoms with Crippen molar-refractivity contribution >= 4 is 5.69 Å². The Morgan fingerprint density at radius 3 is 2.33 bits per heavy atom. The van der Waals surface area contributed by atoms with Gasteiger partial charge in [0.05, 0.1) is 0 Å². The number of ether oxygens (including phenoxy) is 1. The number of aryl methyl sites for hydroxylation is 1. The molecule has 2 nitrogen and oxygen atoms in total. The summed E-state index contributed by atoms with van der Waals surface area (Å²) in [5, 5.41) is 4.50. The molecule has 0 saturated carbocycles. The maximum Gasteiger partial charge on any atom is 2.00 e. The molecule has 0 bridgehead atoms. The van der Waals surface area contributed by atoms with Crippen LogP contribution in [-0.2, 0) is 26.5 Å². The van der Waals surface area contributed by atoms with Gasteiger partial charge >= 0.3 is 21.7 Å². The molecule has 2 aromatic carbocycles. The first-order valence-corrected chi connectivity index (χ1v) is 7.11. The second-order valence-corrected chi connectivity index (χ2v) is 4.89. The summed E-state index contributed by atoms with van der Waals surface area (Å²) in [6, 6.07) is 20.8. The molecule has 0 aliphatic carbocycles. The SMILES string of the molecule is Cc1ccc([N-]CC2CCCO2)cc1.[Ti+2].[c-]1ccccc1. The molecule has 2 aromatic rings. The number of benzene rings is 2. The van der Waals surface area contributed by atoms with Crippen LogP contribution in [0.15, 0.2) is 54.6 Å². The van der Waals surface area contributed by atoms with Crippen LogP contribution >= 0.6 is 0 Å². The maximum atomic E-state index is 5.50. The zero-order valence-electron chi connectivity index (χ0n) is 12.5. The predicted molar refractivity (Wildman–Crippen MR) is 83.3 cm³/mol. The summed E-state index contributed by atoms with van der Waals surface area (Å²) in [7, 11) is 0. The third-order valence-corrected chi connectivity index (χ3v) is 3.14. The molecule has 1 aliphatic rings. The van der Waals surface area contributed by atoms with E-state index in [0.29, 0.717) is 6.10 Å². The van der Waals surface area contributed by atoms with Crippen LogP contribution in [0.25, 0.3) is 5.32 Å². The summed E-state index contributed by atoms with van der Waals surface area (Å²) in [6.45, 7) is 3.81. The fraction of sp³-hybridized carbons (Fsp3) is 0.333. The van der Waals surface area contributed by atoms with E-state index >= 15 is 0 Å². The Labute approximate surface area is 142 Å². The topological polar surface area (TPSA) is 23.3 Å². The van der Waals surface area contributed by atoms with Crippen molar-refractivity contribution in [2.45, 2.75) is 25.9 Å². The molecule has 3 rings (SSSR count). The van der Waals surface area contributed by atoms with Gasteiger partial charge in [-0.05, 0) is 19.8 Å². The first-order valence-electron chi connectivity index (χ1n) is 7.11. The molecule has 1 heterocycles. The normalized spacial score (nSPS) is 16.3. The number of nitrogens with zero attached hydrogens (tertiary/aromatic N) is 1. The Hall–Kier alpha value is -1.09. The Morgan fingerprint density at radius 1 is 1.14 bits per heavy atom. The van der Waals surface area contributed by atoms with E-state index in [-0.39, 0.29) is 21.7 Å². The number of hydrogen-bond donors (Lipinski definition) is 0. The molecular weight excluding hydrogens is 294 g/mol. The second kappa shape index (κ2) is 10.6. The summed E-state index contributed by atoms with van der Waals surface area (Å²) < 4.78 is 5.50. The van der Waals surface area contributed by atoms with Crippen LogP contribution in [0.2, 0.25) is 0 Å². The van der Waals surface area contributed by atoms with Gasteiger partial charge in [0.2, 0.25) is 0 Å². The first-order chi connectivity index (χ1) is 9.84. The average molecular weight is 315 g/mol. The molecule has 1 aliphatic heterocycles. The average Bonchev–Trinajstić information content (AvgIpc) is 3.03. The van der Waals surface area contributed by atoms with E-state index in [1.807, 2.05) is 30.3 Å². The fourth-order valence-electron chi connectivity index (χ4n) is 1.99. The van der Waals surface area contributed by atoms with Crippen molar-refractivity contribution < 1.29 is 26.5 Å². The quantitative estimate of drug-likeness (QED) is 0.596. The fourth-order valence-corrected chi connectivity index (χ4v) is 1.99. The van der Waals surface area contributed by atoms with Crippen molar-refractivity contribution in [2.24, 2.45) is 0 Å². The summed E-state index contributed by atoms with van der Waals surface area (Å²) in [5.41, 5.74) is 2.34. The molecule has 0 amide bonds. The van der Waals surface area contributed by atoms with Crippen LogP contribution in [0, 0.1) is 13.0 Å². The number of hydrogen-bond acceptors (Lipinski definition) is 1. The minimum atomic E-state index is 0. The van der Waals surface area contributed by atoms with Crippen LogP contribution in [0.1, 0.15) is 18.4 Å². The second-order valence-electron chi connectivity index (χ2n) is 4.89. The third-order valence-electron chi connectivity index (χ3n) is 3.14. The summed E-state index contributed by atoms with van der Waals surface area (Å²) in [5.74, 6) is 0. The van der Waals surface area contributed by atoms with Crippen LogP contribution in [0.4, 0.5) is 5.69 Å². The van der Waals surface area contributed by atoms with Gasteiger partial charge in [0, 0.05) is 12.7 Å².